The van der Waals surface area contributed by atoms with E-state index in [0.29, 0.717) is 23.0 Å². The van der Waals surface area contributed by atoms with Crippen molar-refractivity contribution in [3.63, 3.8) is 0 Å². The highest BCUT2D eigenvalue weighted by atomic mass is 35.5. The van der Waals surface area contributed by atoms with Crippen molar-refractivity contribution in [3.05, 3.63) is 63.2 Å². The molecule has 0 aliphatic heterocycles. The SMILES string of the molecule is COc1ccc(CNc2ccccc2[N+](=O)[O-])cc1Cl. The molecule has 0 amide bonds. The number of nitro groups is 1. The summed E-state index contributed by atoms with van der Waals surface area (Å²) in [6, 6.07) is 11.9. The van der Waals surface area contributed by atoms with Gasteiger partial charge in [0.15, 0.2) is 0 Å². The van der Waals surface area contributed by atoms with Crippen molar-refractivity contribution >= 4 is 23.0 Å². The number of halogens is 1. The normalized spacial score (nSPS) is 10.1. The molecule has 6 heteroatoms. The van der Waals surface area contributed by atoms with Crippen LogP contribution in [-0.2, 0) is 6.54 Å². The zero-order chi connectivity index (χ0) is 14.5. The van der Waals surface area contributed by atoms with Gasteiger partial charge in [-0.2, -0.15) is 0 Å². The maximum Gasteiger partial charge on any atom is 0.292 e. The van der Waals surface area contributed by atoms with Crippen LogP contribution in [0.5, 0.6) is 5.75 Å². The number of para-hydroxylation sites is 2. The lowest BCUT2D eigenvalue weighted by Gasteiger charge is -2.09. The number of rotatable bonds is 5. The monoisotopic (exact) mass is 292 g/mol. The highest BCUT2D eigenvalue weighted by Gasteiger charge is 2.11. The van der Waals surface area contributed by atoms with Gasteiger partial charge in [0.2, 0.25) is 0 Å². The summed E-state index contributed by atoms with van der Waals surface area (Å²) in [4.78, 5) is 10.5. The molecule has 0 aromatic heterocycles. The van der Waals surface area contributed by atoms with Gasteiger partial charge >= 0.3 is 0 Å². The maximum atomic E-state index is 10.9. The largest absolute Gasteiger partial charge is 0.495 e. The van der Waals surface area contributed by atoms with Crippen molar-refractivity contribution in [3.8, 4) is 5.75 Å². The molecule has 104 valence electrons. The summed E-state index contributed by atoms with van der Waals surface area (Å²) in [5.74, 6) is 0.598. The summed E-state index contributed by atoms with van der Waals surface area (Å²) in [6.45, 7) is 0.439. The Balaban J connectivity index is 2.13. The van der Waals surface area contributed by atoms with E-state index in [-0.39, 0.29) is 5.69 Å². The van der Waals surface area contributed by atoms with Crippen molar-refractivity contribution in [1.29, 1.82) is 0 Å². The lowest BCUT2D eigenvalue weighted by molar-refractivity contribution is -0.384. The third-order valence-electron chi connectivity index (χ3n) is 2.80. The summed E-state index contributed by atoms with van der Waals surface area (Å²) in [7, 11) is 1.55. The molecule has 0 heterocycles. The molecule has 0 spiro atoms. The molecule has 0 aliphatic carbocycles. The number of hydrogen-bond donors (Lipinski definition) is 1. The molecule has 2 aromatic rings. The number of hydrogen-bond acceptors (Lipinski definition) is 4. The molecule has 0 saturated carbocycles. The third kappa shape index (κ3) is 3.19. The van der Waals surface area contributed by atoms with Crippen LogP contribution in [0, 0.1) is 10.1 Å². The first kappa shape index (κ1) is 14.1. The van der Waals surface area contributed by atoms with Gasteiger partial charge in [-0.25, -0.2) is 0 Å². The highest BCUT2D eigenvalue weighted by Crippen LogP contribution is 2.27. The van der Waals surface area contributed by atoms with Crippen molar-refractivity contribution < 1.29 is 9.66 Å². The van der Waals surface area contributed by atoms with Gasteiger partial charge in [0.05, 0.1) is 17.1 Å². The number of anilines is 1. The first-order chi connectivity index (χ1) is 9.61. The zero-order valence-corrected chi connectivity index (χ0v) is 11.6. The average molecular weight is 293 g/mol. The Bertz CT molecular complexity index is 632. The van der Waals surface area contributed by atoms with E-state index in [0.717, 1.165) is 5.56 Å². The molecule has 0 saturated heterocycles. The second kappa shape index (κ2) is 6.25. The topological polar surface area (TPSA) is 64.4 Å². The summed E-state index contributed by atoms with van der Waals surface area (Å²) >= 11 is 6.03. The summed E-state index contributed by atoms with van der Waals surface area (Å²) in [5.41, 5.74) is 1.44. The van der Waals surface area contributed by atoms with Crippen molar-refractivity contribution in [2.45, 2.75) is 6.54 Å². The van der Waals surface area contributed by atoms with Gasteiger partial charge in [0.1, 0.15) is 11.4 Å². The first-order valence-electron chi connectivity index (χ1n) is 5.91. The van der Waals surface area contributed by atoms with Crippen LogP contribution >= 0.6 is 11.6 Å². The fourth-order valence-electron chi connectivity index (χ4n) is 1.80. The molecule has 2 rings (SSSR count). The molecule has 5 nitrogen and oxygen atoms in total. The molecule has 0 atom stereocenters. The Labute approximate surface area is 121 Å². The van der Waals surface area contributed by atoms with E-state index in [1.54, 1.807) is 37.4 Å². The minimum absolute atomic E-state index is 0.0482. The molecule has 0 aliphatic rings. The minimum atomic E-state index is -0.413. The quantitative estimate of drug-likeness (QED) is 0.671. The molecule has 0 bridgehead atoms. The van der Waals surface area contributed by atoms with E-state index in [1.807, 2.05) is 6.07 Å². The number of nitrogens with one attached hydrogen (secondary N) is 1. The molecular weight excluding hydrogens is 280 g/mol. The second-order valence-corrected chi connectivity index (χ2v) is 4.50. The van der Waals surface area contributed by atoms with Crippen molar-refractivity contribution in [2.75, 3.05) is 12.4 Å². The van der Waals surface area contributed by atoms with Crippen LogP contribution in [0.2, 0.25) is 5.02 Å². The summed E-state index contributed by atoms with van der Waals surface area (Å²) in [6.07, 6.45) is 0. The number of ether oxygens (including phenoxy) is 1. The van der Waals surface area contributed by atoms with Crippen LogP contribution < -0.4 is 10.1 Å². The van der Waals surface area contributed by atoms with Crippen LogP contribution in [0.1, 0.15) is 5.56 Å². The van der Waals surface area contributed by atoms with E-state index in [2.05, 4.69) is 5.32 Å². The number of nitro benzene ring substituents is 1. The number of nitrogens with zero attached hydrogens (tertiary/aromatic N) is 1. The smallest absolute Gasteiger partial charge is 0.292 e. The Hall–Kier alpha value is -2.27. The van der Waals surface area contributed by atoms with Gasteiger partial charge in [-0.05, 0) is 23.8 Å². The van der Waals surface area contributed by atoms with Gasteiger partial charge in [-0.3, -0.25) is 10.1 Å². The molecule has 20 heavy (non-hydrogen) atoms. The predicted molar refractivity (Wildman–Crippen MR) is 78.4 cm³/mol. The lowest BCUT2D eigenvalue weighted by Crippen LogP contribution is -2.02. The van der Waals surface area contributed by atoms with Gasteiger partial charge in [-0.15, -0.1) is 0 Å². The van der Waals surface area contributed by atoms with E-state index in [9.17, 15) is 10.1 Å². The highest BCUT2D eigenvalue weighted by molar-refractivity contribution is 6.32. The van der Waals surface area contributed by atoms with E-state index in [1.165, 1.54) is 6.07 Å². The average Bonchev–Trinajstić information content (AvgIpc) is 2.45. The van der Waals surface area contributed by atoms with Gasteiger partial charge in [0.25, 0.3) is 5.69 Å². The second-order valence-electron chi connectivity index (χ2n) is 4.10. The fourth-order valence-corrected chi connectivity index (χ4v) is 2.08. The molecular formula is C14H13ClN2O3. The van der Waals surface area contributed by atoms with Gasteiger partial charge < -0.3 is 10.1 Å². The molecule has 1 N–H and O–H groups in total. The first-order valence-corrected chi connectivity index (χ1v) is 6.29. The lowest BCUT2D eigenvalue weighted by atomic mass is 10.2. The van der Waals surface area contributed by atoms with Crippen LogP contribution in [0.25, 0.3) is 0 Å². The Morgan fingerprint density at radius 1 is 1.30 bits per heavy atom. The number of methoxy groups -OCH3 is 1. The maximum absolute atomic E-state index is 10.9. The molecule has 2 aromatic carbocycles. The van der Waals surface area contributed by atoms with E-state index < -0.39 is 4.92 Å². The van der Waals surface area contributed by atoms with Crippen LogP contribution in [0.4, 0.5) is 11.4 Å². The van der Waals surface area contributed by atoms with Crippen molar-refractivity contribution in [2.24, 2.45) is 0 Å². The fraction of sp³-hybridized carbons (Fsp3) is 0.143. The molecule has 0 unspecified atom stereocenters. The molecule has 0 fully saturated rings. The Kier molecular flexibility index (Phi) is 4.42. The van der Waals surface area contributed by atoms with E-state index >= 15 is 0 Å². The van der Waals surface area contributed by atoms with Crippen LogP contribution in [0.3, 0.4) is 0 Å². The summed E-state index contributed by atoms with van der Waals surface area (Å²) in [5, 5.41) is 14.4. The predicted octanol–water partition coefficient (Wildman–Crippen LogP) is 3.87. The molecule has 0 radical (unpaired) electrons. The Morgan fingerprint density at radius 2 is 2.05 bits per heavy atom. The summed E-state index contributed by atoms with van der Waals surface area (Å²) < 4.78 is 5.07. The van der Waals surface area contributed by atoms with Crippen LogP contribution in [0.15, 0.2) is 42.5 Å². The van der Waals surface area contributed by atoms with Gasteiger partial charge in [-0.1, -0.05) is 29.8 Å². The number of benzene rings is 2. The standard InChI is InChI=1S/C14H13ClN2O3/c1-20-14-7-6-10(8-11(14)15)9-16-12-4-2-3-5-13(12)17(18)19/h2-8,16H,9H2,1H3. The van der Waals surface area contributed by atoms with Gasteiger partial charge in [0, 0.05) is 12.6 Å². The Morgan fingerprint density at radius 3 is 2.70 bits per heavy atom. The third-order valence-corrected chi connectivity index (χ3v) is 3.10. The van der Waals surface area contributed by atoms with E-state index in [4.69, 9.17) is 16.3 Å². The van der Waals surface area contributed by atoms with Crippen LogP contribution in [-0.4, -0.2) is 12.0 Å². The van der Waals surface area contributed by atoms with Crippen molar-refractivity contribution in [1.82, 2.24) is 0 Å². The zero-order valence-electron chi connectivity index (χ0n) is 10.8. The minimum Gasteiger partial charge on any atom is -0.495 e.